The number of hydrogen-bond acceptors (Lipinski definition) is 5. The van der Waals surface area contributed by atoms with Crippen LogP contribution in [0.1, 0.15) is 71.3 Å². The zero-order chi connectivity index (χ0) is 35.5. The van der Waals surface area contributed by atoms with E-state index in [-0.39, 0.29) is 5.41 Å². The standard InChI is InChI=1S/C31H43N4.C8H10O.C2H4.CH2O/c1-7-9-28-27(8-2)33-21-35(28)29-13-12-25-24-11-10-22-20-23(34(6)19-18-32-5)14-16-30(22,3)26(24)15-17-31(25,29)4;1-7-3-5-8(9-2)6-4-7;2*1-2/h5,7-10,13,18-19,23-26,33H,1,11-12,14-17,20-21H2,2-4,6H3;3-6H,1-2H3;1-2H2;1H2/q+1;;;/b19-18-,27-8+,28-9+;;;. The van der Waals surface area contributed by atoms with Gasteiger partial charge in [-0.25, -0.2) is 0 Å². The number of carbonyl (C=O) groups is 1. The number of fused-ring (bicyclic) bond motifs is 5. The summed E-state index contributed by atoms with van der Waals surface area (Å²) >= 11 is 0. The zero-order valence-electron chi connectivity index (χ0n) is 30.4. The van der Waals surface area contributed by atoms with Gasteiger partial charge in [0, 0.05) is 24.2 Å². The maximum atomic E-state index is 8.00. The number of rotatable bonds is 5. The van der Waals surface area contributed by atoms with Gasteiger partial charge in [0.2, 0.25) is 0 Å². The third-order valence-electron chi connectivity index (χ3n) is 11.7. The van der Waals surface area contributed by atoms with E-state index >= 15 is 0 Å². The Morgan fingerprint density at radius 2 is 1.75 bits per heavy atom. The summed E-state index contributed by atoms with van der Waals surface area (Å²) in [7, 11) is 3.84. The molecule has 48 heavy (non-hydrogen) atoms. The molecule has 5 aliphatic rings. The highest BCUT2D eigenvalue weighted by Gasteiger charge is 2.58. The summed E-state index contributed by atoms with van der Waals surface area (Å²) in [5, 5.41) is 3.61. The van der Waals surface area contributed by atoms with Gasteiger partial charge in [-0.05, 0) is 105 Å². The Morgan fingerprint density at radius 3 is 2.38 bits per heavy atom. The highest BCUT2D eigenvalue weighted by atomic mass is 16.5. The molecule has 6 nitrogen and oxygen atoms in total. The van der Waals surface area contributed by atoms with Crippen molar-refractivity contribution >= 4 is 6.79 Å². The molecule has 258 valence electrons. The van der Waals surface area contributed by atoms with Crippen LogP contribution >= 0.6 is 0 Å². The lowest BCUT2D eigenvalue weighted by Gasteiger charge is -2.58. The van der Waals surface area contributed by atoms with Crippen LogP contribution in [0.15, 0.2) is 109 Å². The van der Waals surface area contributed by atoms with E-state index in [1.54, 1.807) is 24.6 Å². The van der Waals surface area contributed by atoms with Crippen LogP contribution in [-0.2, 0) is 4.79 Å². The smallest absolute Gasteiger partial charge is 0.320 e. The van der Waals surface area contributed by atoms with E-state index < -0.39 is 0 Å². The van der Waals surface area contributed by atoms with Gasteiger partial charge >= 0.3 is 6.20 Å². The molecule has 6 rings (SSSR count). The number of methoxy groups -OCH3 is 1. The van der Waals surface area contributed by atoms with Crippen molar-refractivity contribution in [2.45, 2.75) is 78.7 Å². The summed E-state index contributed by atoms with van der Waals surface area (Å²) in [6.07, 6.45) is 24.0. The summed E-state index contributed by atoms with van der Waals surface area (Å²) in [6.45, 7) is 27.5. The highest BCUT2D eigenvalue weighted by molar-refractivity contribution is 5.41. The summed E-state index contributed by atoms with van der Waals surface area (Å²) in [4.78, 5) is 16.5. The highest BCUT2D eigenvalue weighted by Crippen LogP contribution is 2.65. The fraction of sp³-hybridized carbons (Fsp3) is 0.476. The first-order valence-corrected chi connectivity index (χ1v) is 17.3. The Bertz CT molecular complexity index is 1440. The number of hydrogen-bond donors (Lipinski definition) is 1. The van der Waals surface area contributed by atoms with Gasteiger partial charge in [0.05, 0.1) is 31.4 Å². The molecule has 2 saturated carbocycles. The lowest BCUT2D eigenvalue weighted by atomic mass is 9.47. The normalized spacial score (nSPS) is 31.4. The molecule has 6 heteroatoms. The molecule has 1 saturated heterocycles. The van der Waals surface area contributed by atoms with Crippen LogP contribution in [0, 0.1) is 42.1 Å². The largest absolute Gasteiger partial charge is 0.497 e. The second kappa shape index (κ2) is 17.2. The first kappa shape index (κ1) is 38.2. The van der Waals surface area contributed by atoms with E-state index in [4.69, 9.17) is 16.1 Å². The Balaban J connectivity index is 0.000000409. The summed E-state index contributed by atoms with van der Waals surface area (Å²) in [5.41, 5.74) is 7.62. The number of aryl methyl sites for hydroxylation is 1. The van der Waals surface area contributed by atoms with Gasteiger partial charge in [-0.1, -0.05) is 68.0 Å². The number of benzene rings is 1. The Morgan fingerprint density at radius 1 is 1.06 bits per heavy atom. The Hall–Kier alpha value is -4.24. The van der Waals surface area contributed by atoms with Crippen molar-refractivity contribution in [1.82, 2.24) is 15.1 Å². The zero-order valence-corrected chi connectivity index (χ0v) is 30.4. The van der Waals surface area contributed by atoms with Gasteiger partial charge in [-0.3, -0.25) is 0 Å². The summed E-state index contributed by atoms with van der Waals surface area (Å²) in [6, 6.07) is 8.51. The lowest BCUT2D eigenvalue weighted by Crippen LogP contribution is -2.51. The first-order valence-electron chi connectivity index (χ1n) is 17.3. The maximum absolute atomic E-state index is 8.00. The van der Waals surface area contributed by atoms with Gasteiger partial charge in [-0.15, -0.1) is 13.2 Å². The van der Waals surface area contributed by atoms with Crippen LogP contribution < -0.4 is 10.1 Å². The van der Waals surface area contributed by atoms with Crippen LogP contribution in [0.2, 0.25) is 0 Å². The molecule has 0 aromatic heterocycles. The average Bonchev–Trinajstić information content (AvgIpc) is 3.68. The van der Waals surface area contributed by atoms with E-state index in [1.165, 1.54) is 61.9 Å². The lowest BCUT2D eigenvalue weighted by molar-refractivity contribution is -0.0980. The van der Waals surface area contributed by atoms with Gasteiger partial charge in [0.25, 0.3) is 6.57 Å². The van der Waals surface area contributed by atoms with Crippen LogP contribution in [0.5, 0.6) is 5.75 Å². The quantitative estimate of drug-likeness (QED) is 0.321. The molecule has 6 unspecified atom stereocenters. The molecule has 1 aromatic rings. The van der Waals surface area contributed by atoms with Crippen molar-refractivity contribution in [3.63, 3.8) is 0 Å². The number of nitrogens with one attached hydrogen (secondary N) is 1. The molecule has 4 aliphatic carbocycles. The number of nitrogens with zero attached hydrogens (tertiary/aromatic N) is 3. The molecule has 0 bridgehead atoms. The molecule has 6 atom stereocenters. The second-order valence-corrected chi connectivity index (χ2v) is 13.8. The molecule has 1 N–H and O–H groups in total. The predicted octanol–water partition coefficient (Wildman–Crippen LogP) is 9.63. The third-order valence-corrected chi connectivity index (χ3v) is 11.7. The van der Waals surface area contributed by atoms with Crippen LogP contribution in [0.25, 0.3) is 4.85 Å². The molecular formula is C42H59N4O2+. The van der Waals surface area contributed by atoms with E-state index in [0.717, 1.165) is 30.2 Å². The van der Waals surface area contributed by atoms with Crippen molar-refractivity contribution in [3.8, 4) is 12.3 Å². The summed E-state index contributed by atoms with van der Waals surface area (Å²) in [5.74, 6) is 3.24. The molecule has 1 aromatic carbocycles. The maximum Gasteiger partial charge on any atom is 0.320 e. The number of ether oxygens (including phenoxy) is 1. The van der Waals surface area contributed by atoms with E-state index in [1.807, 2.05) is 43.3 Å². The van der Waals surface area contributed by atoms with Crippen LogP contribution in [0.3, 0.4) is 0 Å². The van der Waals surface area contributed by atoms with Crippen molar-refractivity contribution in [2.75, 3.05) is 20.8 Å². The molecule has 0 amide bonds. The van der Waals surface area contributed by atoms with Gasteiger partial charge < -0.3 is 24.6 Å². The minimum atomic E-state index is 0.252. The van der Waals surface area contributed by atoms with E-state index in [0.29, 0.717) is 11.5 Å². The van der Waals surface area contributed by atoms with Crippen molar-refractivity contribution in [1.29, 1.82) is 0 Å². The number of allylic oxidation sites excluding steroid dienone is 6. The fourth-order valence-corrected chi connectivity index (χ4v) is 9.13. The minimum Gasteiger partial charge on any atom is -0.497 e. The molecule has 1 heterocycles. The SMILES string of the molecule is C#[N+]/C=C\N(C)C1CCC2(C)C(=CCC3C2CCC2(C)C(N4CNC(=C/C)/C4=C\C=C)=CCC32)C1.C=C.C=O.COc1ccc(C)cc1. The molecule has 1 aliphatic heterocycles. The second-order valence-electron chi connectivity index (χ2n) is 13.8. The van der Waals surface area contributed by atoms with Crippen LogP contribution in [-0.4, -0.2) is 43.5 Å². The predicted molar refractivity (Wildman–Crippen MR) is 202 cm³/mol. The Kier molecular flexibility index (Phi) is 13.7. The minimum absolute atomic E-state index is 0.252. The van der Waals surface area contributed by atoms with Crippen LogP contribution in [0.4, 0.5) is 0 Å². The summed E-state index contributed by atoms with van der Waals surface area (Å²) < 4.78 is 4.97. The Labute approximate surface area is 291 Å². The third kappa shape index (κ3) is 7.57. The topological polar surface area (TPSA) is 49.2 Å². The molecule has 0 spiro atoms. The van der Waals surface area contributed by atoms with Gasteiger partial charge in [0.15, 0.2) is 0 Å². The van der Waals surface area contributed by atoms with E-state index in [2.05, 4.69) is 98.7 Å². The number of carbonyl (C=O) groups excluding carboxylic acids is 1. The van der Waals surface area contributed by atoms with E-state index in [9.17, 15) is 0 Å². The fourth-order valence-electron chi connectivity index (χ4n) is 9.13. The van der Waals surface area contributed by atoms with Crippen molar-refractivity contribution in [3.05, 3.63) is 120 Å². The van der Waals surface area contributed by atoms with Crippen molar-refractivity contribution < 1.29 is 9.53 Å². The van der Waals surface area contributed by atoms with Gasteiger partial charge in [-0.2, -0.15) is 0 Å². The van der Waals surface area contributed by atoms with Crippen molar-refractivity contribution in [2.24, 2.45) is 28.6 Å². The van der Waals surface area contributed by atoms with Gasteiger partial charge in [0.1, 0.15) is 12.5 Å². The average molecular weight is 652 g/mol. The first-order chi connectivity index (χ1) is 23.2. The molecular weight excluding hydrogens is 592 g/mol. The molecule has 3 fully saturated rings. The monoisotopic (exact) mass is 651 g/mol. The molecule has 0 radical (unpaired) electrons.